The van der Waals surface area contributed by atoms with Gasteiger partial charge in [0.15, 0.2) is 21.3 Å². The van der Waals surface area contributed by atoms with Gasteiger partial charge in [0, 0.05) is 19.4 Å². The Labute approximate surface area is 169 Å². The number of fused-ring (bicyclic) bond motifs is 1. The van der Waals surface area contributed by atoms with Crippen molar-refractivity contribution in [2.45, 2.75) is 24.9 Å². The monoisotopic (exact) mass is 442 g/mol. The number of aryl methyl sites for hydroxylation is 1. The molecule has 0 bridgehead atoms. The van der Waals surface area contributed by atoms with E-state index in [9.17, 15) is 26.4 Å². The van der Waals surface area contributed by atoms with Gasteiger partial charge in [0.05, 0.1) is 28.4 Å². The SMILES string of the molecule is CCOC(=O)c1cnc(-c2nc3cc(C(F)(F)F)cnc3n2C)c(S(=O)(=O)CC)c1. The fraction of sp³-hybridized carbons (Fsp3) is 0.333. The van der Waals surface area contributed by atoms with Crippen LogP contribution in [0.3, 0.4) is 0 Å². The molecule has 0 unspecified atom stereocenters. The summed E-state index contributed by atoms with van der Waals surface area (Å²) >= 11 is 0. The maximum Gasteiger partial charge on any atom is 0.417 e. The second-order valence-corrected chi connectivity index (χ2v) is 8.50. The van der Waals surface area contributed by atoms with Crippen molar-refractivity contribution in [3.63, 3.8) is 0 Å². The Balaban J connectivity index is 2.25. The molecule has 0 atom stereocenters. The molecule has 0 aromatic carbocycles. The summed E-state index contributed by atoms with van der Waals surface area (Å²) in [6.07, 6.45) is -2.79. The summed E-state index contributed by atoms with van der Waals surface area (Å²) in [7, 11) is -2.38. The van der Waals surface area contributed by atoms with Crippen LogP contribution in [0.2, 0.25) is 0 Å². The van der Waals surface area contributed by atoms with Crippen LogP contribution in [-0.2, 0) is 27.8 Å². The van der Waals surface area contributed by atoms with Crippen LogP contribution < -0.4 is 0 Å². The minimum Gasteiger partial charge on any atom is -0.462 e. The first-order valence-corrected chi connectivity index (χ1v) is 10.4. The number of halogens is 3. The minimum absolute atomic E-state index is 0.000687. The Morgan fingerprint density at radius 1 is 1.17 bits per heavy atom. The van der Waals surface area contributed by atoms with E-state index in [0.717, 1.165) is 18.3 Å². The molecule has 0 N–H and O–H groups in total. The van der Waals surface area contributed by atoms with E-state index in [1.165, 1.54) is 18.5 Å². The Kier molecular flexibility index (Phi) is 5.54. The van der Waals surface area contributed by atoms with Crippen molar-refractivity contribution in [3.05, 3.63) is 35.7 Å². The van der Waals surface area contributed by atoms with E-state index in [4.69, 9.17) is 4.74 Å². The molecule has 0 aliphatic carbocycles. The predicted octanol–water partition coefficient (Wildman–Crippen LogP) is 3.02. The van der Waals surface area contributed by atoms with E-state index in [0.29, 0.717) is 6.20 Å². The molecule has 12 heteroatoms. The number of hydrogen-bond donors (Lipinski definition) is 0. The van der Waals surface area contributed by atoms with Gasteiger partial charge in [0.1, 0.15) is 11.2 Å². The first kappa shape index (κ1) is 21.7. The molecule has 0 radical (unpaired) electrons. The van der Waals surface area contributed by atoms with Crippen molar-refractivity contribution in [3.8, 4) is 11.5 Å². The van der Waals surface area contributed by atoms with E-state index in [-0.39, 0.29) is 45.5 Å². The number of hydrogen-bond acceptors (Lipinski definition) is 7. The van der Waals surface area contributed by atoms with Gasteiger partial charge < -0.3 is 9.30 Å². The lowest BCUT2D eigenvalue weighted by Gasteiger charge is -2.10. The number of carbonyl (C=O) groups excluding carboxylic acids is 1. The average Bonchev–Trinajstić information content (AvgIpc) is 3.03. The number of pyridine rings is 2. The summed E-state index contributed by atoms with van der Waals surface area (Å²) in [4.78, 5) is 23.8. The second-order valence-electron chi connectivity index (χ2n) is 6.25. The maximum absolute atomic E-state index is 13.0. The highest BCUT2D eigenvalue weighted by Gasteiger charge is 2.32. The Morgan fingerprint density at radius 2 is 1.87 bits per heavy atom. The molecule has 3 aromatic heterocycles. The summed E-state index contributed by atoms with van der Waals surface area (Å²) in [5.74, 6) is -1.03. The van der Waals surface area contributed by atoms with Crippen LogP contribution >= 0.6 is 0 Å². The van der Waals surface area contributed by atoms with Gasteiger partial charge in [-0.15, -0.1) is 0 Å². The minimum atomic E-state index is -4.60. The third kappa shape index (κ3) is 3.86. The van der Waals surface area contributed by atoms with E-state index in [1.807, 2.05) is 0 Å². The number of rotatable bonds is 5. The summed E-state index contributed by atoms with van der Waals surface area (Å²) < 4.78 is 70.5. The van der Waals surface area contributed by atoms with Gasteiger partial charge in [-0.2, -0.15) is 13.2 Å². The van der Waals surface area contributed by atoms with Crippen molar-refractivity contribution in [2.75, 3.05) is 12.4 Å². The molecule has 0 saturated heterocycles. The molecule has 3 heterocycles. The molecule has 0 aliphatic rings. The maximum atomic E-state index is 13.0. The third-order valence-corrected chi connectivity index (χ3v) is 6.07. The van der Waals surface area contributed by atoms with Crippen molar-refractivity contribution in [1.82, 2.24) is 19.5 Å². The Hall–Kier alpha value is -3.02. The van der Waals surface area contributed by atoms with Gasteiger partial charge in [0.2, 0.25) is 0 Å². The highest BCUT2D eigenvalue weighted by molar-refractivity contribution is 7.91. The molecule has 0 spiro atoms. The lowest BCUT2D eigenvalue weighted by atomic mass is 10.2. The third-order valence-electron chi connectivity index (χ3n) is 4.33. The van der Waals surface area contributed by atoms with Gasteiger partial charge in [-0.1, -0.05) is 6.92 Å². The zero-order chi connectivity index (χ0) is 22.3. The number of carbonyl (C=O) groups is 1. The number of sulfone groups is 1. The summed E-state index contributed by atoms with van der Waals surface area (Å²) in [6, 6.07) is 1.96. The number of ether oxygens (including phenoxy) is 1. The molecule has 0 aliphatic heterocycles. The summed E-state index contributed by atoms with van der Waals surface area (Å²) in [6.45, 7) is 3.11. The number of imidazole rings is 1. The van der Waals surface area contributed by atoms with Gasteiger partial charge in [0.25, 0.3) is 0 Å². The Morgan fingerprint density at radius 3 is 2.47 bits per heavy atom. The fourth-order valence-corrected chi connectivity index (χ4v) is 3.83. The standard InChI is InChI=1S/C18H17F3N4O4S/c1-4-29-17(26)10-6-13(30(27,28)5-2)14(22-8-10)16-24-12-7-11(18(19,20)21)9-23-15(12)25(16)3/h6-9H,4-5H2,1-3H3. The largest absolute Gasteiger partial charge is 0.462 e. The van der Waals surface area contributed by atoms with Gasteiger partial charge in [-0.3, -0.25) is 4.98 Å². The number of aromatic nitrogens is 4. The molecule has 30 heavy (non-hydrogen) atoms. The molecule has 3 aromatic rings. The lowest BCUT2D eigenvalue weighted by molar-refractivity contribution is -0.137. The number of nitrogens with zero attached hydrogens (tertiary/aromatic N) is 4. The first-order valence-electron chi connectivity index (χ1n) is 8.79. The first-order chi connectivity index (χ1) is 14.0. The molecule has 0 fully saturated rings. The van der Waals surface area contributed by atoms with Crippen LogP contribution in [0.25, 0.3) is 22.7 Å². The molecular weight excluding hydrogens is 425 g/mol. The second kappa shape index (κ2) is 7.67. The highest BCUT2D eigenvalue weighted by atomic mass is 32.2. The molecule has 3 rings (SSSR count). The Bertz CT molecular complexity index is 1240. The van der Waals surface area contributed by atoms with E-state index in [2.05, 4.69) is 15.0 Å². The zero-order valence-electron chi connectivity index (χ0n) is 16.2. The van der Waals surface area contributed by atoms with E-state index in [1.54, 1.807) is 6.92 Å². The van der Waals surface area contributed by atoms with Crippen molar-refractivity contribution in [1.29, 1.82) is 0 Å². The van der Waals surface area contributed by atoms with Gasteiger partial charge in [-0.25, -0.2) is 23.2 Å². The van der Waals surface area contributed by atoms with Crippen LogP contribution in [0, 0.1) is 0 Å². The molecule has 0 amide bonds. The molecule has 160 valence electrons. The molecular formula is C18H17F3N4O4S. The van der Waals surface area contributed by atoms with Crippen LogP contribution in [0.1, 0.15) is 29.8 Å². The summed E-state index contributed by atoms with van der Waals surface area (Å²) in [5, 5.41) is 0. The summed E-state index contributed by atoms with van der Waals surface area (Å²) in [5.41, 5.74) is -1.10. The van der Waals surface area contributed by atoms with Crippen molar-refractivity contribution >= 4 is 27.0 Å². The van der Waals surface area contributed by atoms with Crippen molar-refractivity contribution in [2.24, 2.45) is 7.05 Å². The van der Waals surface area contributed by atoms with E-state index < -0.39 is 27.5 Å². The highest BCUT2D eigenvalue weighted by Crippen LogP contribution is 2.32. The molecule has 8 nitrogen and oxygen atoms in total. The smallest absolute Gasteiger partial charge is 0.417 e. The molecule has 0 saturated carbocycles. The number of alkyl halides is 3. The van der Waals surface area contributed by atoms with Crippen LogP contribution in [-0.4, -0.2) is 46.3 Å². The predicted molar refractivity (Wildman–Crippen MR) is 100 cm³/mol. The number of esters is 1. The average molecular weight is 442 g/mol. The van der Waals surface area contributed by atoms with Crippen molar-refractivity contribution < 1.29 is 31.1 Å². The van der Waals surface area contributed by atoms with Crippen LogP contribution in [0.15, 0.2) is 29.4 Å². The zero-order valence-corrected chi connectivity index (χ0v) is 17.0. The van der Waals surface area contributed by atoms with Crippen LogP contribution in [0.4, 0.5) is 13.2 Å². The van der Waals surface area contributed by atoms with Crippen LogP contribution in [0.5, 0.6) is 0 Å². The van der Waals surface area contributed by atoms with E-state index >= 15 is 0 Å². The fourth-order valence-electron chi connectivity index (χ4n) is 2.77. The lowest BCUT2D eigenvalue weighted by Crippen LogP contribution is -2.12. The normalized spacial score (nSPS) is 12.3. The topological polar surface area (TPSA) is 104 Å². The van der Waals surface area contributed by atoms with Gasteiger partial charge >= 0.3 is 12.1 Å². The quantitative estimate of drug-likeness (QED) is 0.560. The van der Waals surface area contributed by atoms with Gasteiger partial charge in [-0.05, 0) is 19.1 Å².